The maximum Gasteiger partial charge on any atom is 0.340 e. The van der Waals surface area contributed by atoms with Crippen molar-refractivity contribution < 1.29 is 19.1 Å². The fourth-order valence-corrected chi connectivity index (χ4v) is 2.86. The summed E-state index contributed by atoms with van der Waals surface area (Å²) < 4.78 is 12.3. The van der Waals surface area contributed by atoms with Crippen molar-refractivity contribution in [1.82, 2.24) is 9.47 Å². The van der Waals surface area contributed by atoms with E-state index in [4.69, 9.17) is 9.47 Å². The van der Waals surface area contributed by atoms with E-state index in [-0.39, 0.29) is 12.5 Å². The molecule has 140 valence electrons. The minimum Gasteiger partial charge on any atom is -0.492 e. The van der Waals surface area contributed by atoms with Gasteiger partial charge in [0.2, 0.25) is 5.91 Å². The Morgan fingerprint density at radius 1 is 1.04 bits per heavy atom. The van der Waals surface area contributed by atoms with E-state index in [9.17, 15) is 9.59 Å². The zero-order valence-corrected chi connectivity index (χ0v) is 15.4. The normalized spacial score (nSPS) is 10.6. The van der Waals surface area contributed by atoms with E-state index in [1.807, 2.05) is 54.6 Å². The molecule has 3 aromatic rings. The predicted octanol–water partition coefficient (Wildman–Crippen LogP) is 2.97. The van der Waals surface area contributed by atoms with Crippen molar-refractivity contribution in [3.8, 4) is 5.75 Å². The molecule has 0 aliphatic carbocycles. The summed E-state index contributed by atoms with van der Waals surface area (Å²) in [5.41, 5.74) is 1.27. The Hall–Kier alpha value is -3.28. The number of hydrogen-bond acceptors (Lipinski definition) is 4. The lowest BCUT2D eigenvalue weighted by atomic mass is 10.2. The van der Waals surface area contributed by atoms with E-state index in [1.54, 1.807) is 22.7 Å². The summed E-state index contributed by atoms with van der Waals surface area (Å²) in [6.07, 6.45) is 1.67. The van der Waals surface area contributed by atoms with Crippen molar-refractivity contribution in [1.29, 1.82) is 0 Å². The molecule has 6 nitrogen and oxygen atoms in total. The molecule has 0 spiro atoms. The van der Waals surface area contributed by atoms with Crippen LogP contribution in [0.5, 0.6) is 5.75 Å². The number of benzene rings is 2. The van der Waals surface area contributed by atoms with Crippen molar-refractivity contribution in [2.75, 3.05) is 27.3 Å². The van der Waals surface area contributed by atoms with Gasteiger partial charge in [0.05, 0.1) is 19.2 Å². The minimum atomic E-state index is -0.415. The van der Waals surface area contributed by atoms with Crippen LogP contribution in [0.4, 0.5) is 0 Å². The van der Waals surface area contributed by atoms with Crippen LogP contribution in [-0.4, -0.2) is 48.7 Å². The first-order chi connectivity index (χ1) is 13.1. The molecule has 3 rings (SSSR count). The van der Waals surface area contributed by atoms with Gasteiger partial charge in [-0.2, -0.15) is 0 Å². The van der Waals surface area contributed by atoms with Crippen LogP contribution in [-0.2, 0) is 16.1 Å². The van der Waals surface area contributed by atoms with Crippen LogP contribution >= 0.6 is 0 Å². The van der Waals surface area contributed by atoms with E-state index in [2.05, 4.69) is 0 Å². The lowest BCUT2D eigenvalue weighted by Gasteiger charge is -2.18. The molecule has 1 heterocycles. The van der Waals surface area contributed by atoms with Crippen LogP contribution in [0.3, 0.4) is 0 Å². The molecule has 27 heavy (non-hydrogen) atoms. The SMILES string of the molecule is COC(=O)c1cn(CC(=O)N(C)CCOc2ccccc2)c2ccccc12. The molecule has 0 aliphatic heterocycles. The number of carbonyl (C=O) groups excluding carboxylic acids is 2. The summed E-state index contributed by atoms with van der Waals surface area (Å²) in [5, 5.41) is 0.771. The number of methoxy groups -OCH3 is 1. The average molecular weight is 366 g/mol. The summed E-state index contributed by atoms with van der Waals surface area (Å²) in [5.74, 6) is 0.295. The van der Waals surface area contributed by atoms with Crippen molar-refractivity contribution in [2.45, 2.75) is 6.54 Å². The van der Waals surface area contributed by atoms with Gasteiger partial charge in [-0.25, -0.2) is 4.79 Å². The summed E-state index contributed by atoms with van der Waals surface area (Å²) in [6.45, 7) is 1.02. The Balaban J connectivity index is 1.65. The second-order valence-corrected chi connectivity index (χ2v) is 6.16. The second-order valence-electron chi connectivity index (χ2n) is 6.16. The summed E-state index contributed by atoms with van der Waals surface area (Å²) in [4.78, 5) is 26.2. The topological polar surface area (TPSA) is 60.8 Å². The first kappa shape index (κ1) is 18.5. The number of likely N-dealkylation sites (N-methyl/N-ethyl adjacent to an activating group) is 1. The van der Waals surface area contributed by atoms with Crippen LogP contribution < -0.4 is 4.74 Å². The molecular weight excluding hydrogens is 344 g/mol. The second kappa shape index (κ2) is 8.40. The molecule has 1 amide bonds. The van der Waals surface area contributed by atoms with Crippen LogP contribution in [0.2, 0.25) is 0 Å². The van der Waals surface area contributed by atoms with E-state index < -0.39 is 5.97 Å². The number of nitrogens with zero attached hydrogens (tertiary/aromatic N) is 2. The monoisotopic (exact) mass is 366 g/mol. The lowest BCUT2D eigenvalue weighted by molar-refractivity contribution is -0.130. The molecule has 2 aromatic carbocycles. The van der Waals surface area contributed by atoms with Gasteiger partial charge in [-0.05, 0) is 18.2 Å². The molecule has 0 unspecified atom stereocenters. The van der Waals surface area contributed by atoms with Gasteiger partial charge in [0.1, 0.15) is 18.9 Å². The quantitative estimate of drug-likeness (QED) is 0.603. The molecule has 0 saturated carbocycles. The van der Waals surface area contributed by atoms with Gasteiger partial charge in [-0.15, -0.1) is 0 Å². The van der Waals surface area contributed by atoms with Crippen LogP contribution in [0.25, 0.3) is 10.9 Å². The highest BCUT2D eigenvalue weighted by Gasteiger charge is 2.17. The maximum atomic E-state index is 12.6. The first-order valence-corrected chi connectivity index (χ1v) is 8.68. The molecule has 0 aliphatic rings. The Labute approximate surface area is 157 Å². The molecule has 0 radical (unpaired) electrons. The highest BCUT2D eigenvalue weighted by atomic mass is 16.5. The molecule has 0 fully saturated rings. The van der Waals surface area contributed by atoms with E-state index in [1.165, 1.54) is 7.11 Å². The minimum absolute atomic E-state index is 0.0659. The predicted molar refractivity (Wildman–Crippen MR) is 103 cm³/mol. The van der Waals surface area contributed by atoms with Gasteiger partial charge in [0, 0.05) is 24.1 Å². The van der Waals surface area contributed by atoms with Crippen LogP contribution in [0.1, 0.15) is 10.4 Å². The van der Waals surface area contributed by atoms with Crippen LogP contribution in [0.15, 0.2) is 60.8 Å². The Morgan fingerprint density at radius 3 is 2.48 bits per heavy atom. The fraction of sp³-hybridized carbons (Fsp3) is 0.238. The molecule has 0 atom stereocenters. The van der Waals surface area contributed by atoms with Gasteiger partial charge < -0.3 is 18.9 Å². The van der Waals surface area contributed by atoms with Gasteiger partial charge in [0.15, 0.2) is 0 Å². The maximum absolute atomic E-state index is 12.6. The van der Waals surface area contributed by atoms with E-state index in [0.717, 1.165) is 16.7 Å². The van der Waals surface area contributed by atoms with Crippen molar-refractivity contribution in [3.05, 3.63) is 66.4 Å². The van der Waals surface area contributed by atoms with Crippen molar-refractivity contribution in [2.24, 2.45) is 0 Å². The van der Waals surface area contributed by atoms with Gasteiger partial charge >= 0.3 is 5.97 Å². The van der Waals surface area contributed by atoms with Gasteiger partial charge in [0.25, 0.3) is 0 Å². The fourth-order valence-electron chi connectivity index (χ4n) is 2.86. The third kappa shape index (κ3) is 4.28. The zero-order chi connectivity index (χ0) is 19.2. The van der Waals surface area contributed by atoms with E-state index in [0.29, 0.717) is 18.7 Å². The third-order valence-electron chi connectivity index (χ3n) is 4.36. The summed E-state index contributed by atoms with van der Waals surface area (Å²) in [7, 11) is 3.09. The lowest BCUT2D eigenvalue weighted by Crippen LogP contribution is -2.33. The number of aromatic nitrogens is 1. The molecule has 0 saturated heterocycles. The molecule has 1 aromatic heterocycles. The number of amides is 1. The van der Waals surface area contributed by atoms with Gasteiger partial charge in [-0.1, -0.05) is 36.4 Å². The third-order valence-corrected chi connectivity index (χ3v) is 4.36. The summed E-state index contributed by atoms with van der Waals surface area (Å²) >= 11 is 0. The molecular formula is C21H22N2O4. The molecule has 0 N–H and O–H groups in total. The Bertz CT molecular complexity index is 934. The number of ether oxygens (including phenoxy) is 2. The summed E-state index contributed by atoms with van der Waals surface area (Å²) in [6, 6.07) is 16.9. The Morgan fingerprint density at radius 2 is 1.74 bits per heavy atom. The number of hydrogen-bond donors (Lipinski definition) is 0. The number of carbonyl (C=O) groups is 2. The number of para-hydroxylation sites is 2. The smallest absolute Gasteiger partial charge is 0.340 e. The van der Waals surface area contributed by atoms with E-state index >= 15 is 0 Å². The Kier molecular flexibility index (Phi) is 5.76. The molecule has 6 heteroatoms. The standard InChI is InChI=1S/C21H22N2O4/c1-22(12-13-27-16-8-4-3-5-9-16)20(24)15-23-14-18(21(25)26-2)17-10-6-7-11-19(17)23/h3-11,14H,12-13,15H2,1-2H3. The first-order valence-electron chi connectivity index (χ1n) is 8.68. The zero-order valence-electron chi connectivity index (χ0n) is 15.4. The largest absolute Gasteiger partial charge is 0.492 e. The van der Waals surface area contributed by atoms with Gasteiger partial charge in [-0.3, -0.25) is 4.79 Å². The number of fused-ring (bicyclic) bond motifs is 1. The van der Waals surface area contributed by atoms with Crippen molar-refractivity contribution in [3.63, 3.8) is 0 Å². The number of esters is 1. The molecule has 0 bridgehead atoms. The number of rotatable bonds is 7. The highest BCUT2D eigenvalue weighted by Crippen LogP contribution is 2.22. The van der Waals surface area contributed by atoms with Crippen molar-refractivity contribution >= 4 is 22.8 Å². The highest BCUT2D eigenvalue weighted by molar-refractivity contribution is 6.04. The van der Waals surface area contributed by atoms with Crippen LogP contribution in [0, 0.1) is 0 Å². The average Bonchev–Trinajstić information content (AvgIpc) is 3.06.